The van der Waals surface area contributed by atoms with E-state index in [9.17, 15) is 0 Å². The van der Waals surface area contributed by atoms with E-state index in [0.717, 1.165) is 11.4 Å². The Morgan fingerprint density at radius 1 is 0.650 bits per heavy atom. The summed E-state index contributed by atoms with van der Waals surface area (Å²) in [4.78, 5) is 0. The Bertz CT molecular complexity index is 616. The van der Waals surface area contributed by atoms with E-state index in [1.807, 2.05) is 42.5 Å². The third kappa shape index (κ3) is 3.53. The molecule has 2 aromatic rings. The van der Waals surface area contributed by atoms with Gasteiger partial charge in [-0.3, -0.25) is 0 Å². The van der Waals surface area contributed by atoms with Crippen LogP contribution in [0.2, 0.25) is 0 Å². The summed E-state index contributed by atoms with van der Waals surface area (Å²) in [5, 5.41) is 8.43. The zero-order valence-electron chi connectivity index (χ0n) is 10.8. The van der Waals surface area contributed by atoms with Crippen LogP contribution in [0.1, 0.15) is 11.5 Å². The van der Waals surface area contributed by atoms with Crippen molar-refractivity contribution in [1.82, 2.24) is 0 Å². The minimum Gasteiger partial charge on any atom is -0.151 e. The first-order valence-corrected chi connectivity index (χ1v) is 6.33. The number of hydrogen-bond donors (Lipinski definition) is 0. The standard InChI is InChI=1S/C17H14N2.Fe/c1-2-8-16(9-3-1)18-19-17-12-10-15(11-13-17)14-6-4-5-7-14;/h1-14H;/b19-18+;. The van der Waals surface area contributed by atoms with Crippen LogP contribution in [0.25, 0.3) is 0 Å². The summed E-state index contributed by atoms with van der Waals surface area (Å²) in [7, 11) is 0. The van der Waals surface area contributed by atoms with E-state index in [1.165, 1.54) is 5.56 Å². The van der Waals surface area contributed by atoms with Crippen molar-refractivity contribution in [3.63, 3.8) is 0 Å². The topological polar surface area (TPSA) is 24.7 Å². The molecular formula is C17H14FeN2. The number of nitrogens with zero attached hydrogens (tertiary/aromatic N) is 2. The Morgan fingerprint density at radius 2 is 1.20 bits per heavy atom. The molecule has 0 fully saturated rings. The maximum Gasteiger partial charge on any atom is 0.0857 e. The van der Waals surface area contributed by atoms with Gasteiger partial charge in [-0.25, -0.2) is 0 Å². The summed E-state index contributed by atoms with van der Waals surface area (Å²) in [5.41, 5.74) is 3.02. The Morgan fingerprint density at radius 3 is 1.80 bits per heavy atom. The van der Waals surface area contributed by atoms with Crippen LogP contribution in [-0.2, 0) is 17.1 Å². The number of benzene rings is 2. The van der Waals surface area contributed by atoms with Crippen molar-refractivity contribution in [3.8, 4) is 0 Å². The van der Waals surface area contributed by atoms with Crippen molar-refractivity contribution in [2.45, 2.75) is 5.92 Å². The molecule has 100 valence electrons. The van der Waals surface area contributed by atoms with Crippen molar-refractivity contribution < 1.29 is 17.1 Å². The van der Waals surface area contributed by atoms with E-state index in [1.54, 1.807) is 0 Å². The molecule has 2 aromatic carbocycles. The first-order valence-electron chi connectivity index (χ1n) is 6.33. The van der Waals surface area contributed by atoms with Crippen molar-refractivity contribution in [2.24, 2.45) is 10.2 Å². The van der Waals surface area contributed by atoms with E-state index < -0.39 is 0 Å². The van der Waals surface area contributed by atoms with Gasteiger partial charge in [0.15, 0.2) is 0 Å². The molecule has 1 aliphatic carbocycles. The predicted molar refractivity (Wildman–Crippen MR) is 78.1 cm³/mol. The minimum atomic E-state index is 0. The van der Waals surface area contributed by atoms with E-state index in [4.69, 9.17) is 0 Å². The van der Waals surface area contributed by atoms with Gasteiger partial charge in [0, 0.05) is 23.0 Å². The van der Waals surface area contributed by atoms with Gasteiger partial charge in [0.2, 0.25) is 0 Å². The maximum atomic E-state index is 4.23. The van der Waals surface area contributed by atoms with E-state index in [0.29, 0.717) is 5.92 Å². The Labute approximate surface area is 129 Å². The van der Waals surface area contributed by atoms with Gasteiger partial charge in [-0.2, -0.15) is 10.2 Å². The van der Waals surface area contributed by atoms with Crippen LogP contribution >= 0.6 is 0 Å². The van der Waals surface area contributed by atoms with Gasteiger partial charge in [0.25, 0.3) is 0 Å². The van der Waals surface area contributed by atoms with E-state index in [-0.39, 0.29) is 17.1 Å². The molecule has 0 amide bonds. The molecular weight excluding hydrogens is 288 g/mol. The first-order chi connectivity index (χ1) is 9.42. The fraction of sp³-hybridized carbons (Fsp3) is 0.0588. The molecule has 0 aromatic heterocycles. The molecule has 3 rings (SSSR count). The normalized spacial score (nSPS) is 13.8. The van der Waals surface area contributed by atoms with Crippen molar-refractivity contribution in [3.05, 3.63) is 84.5 Å². The molecule has 0 aliphatic heterocycles. The second-order valence-corrected chi connectivity index (χ2v) is 4.42. The zero-order chi connectivity index (χ0) is 12.9. The monoisotopic (exact) mass is 302 g/mol. The van der Waals surface area contributed by atoms with Crippen LogP contribution in [0, 0.1) is 0 Å². The van der Waals surface area contributed by atoms with E-state index >= 15 is 0 Å². The fourth-order valence-electron chi connectivity index (χ4n) is 2.03. The molecule has 3 heteroatoms. The molecule has 0 spiro atoms. The van der Waals surface area contributed by atoms with Gasteiger partial charge in [-0.1, -0.05) is 54.6 Å². The van der Waals surface area contributed by atoms with Crippen LogP contribution in [0.3, 0.4) is 0 Å². The average molecular weight is 302 g/mol. The Hall–Kier alpha value is -1.96. The molecule has 0 N–H and O–H groups in total. The van der Waals surface area contributed by atoms with Crippen LogP contribution < -0.4 is 0 Å². The molecule has 0 bridgehead atoms. The third-order valence-corrected chi connectivity index (χ3v) is 3.06. The van der Waals surface area contributed by atoms with Gasteiger partial charge < -0.3 is 0 Å². The van der Waals surface area contributed by atoms with Gasteiger partial charge >= 0.3 is 0 Å². The second-order valence-electron chi connectivity index (χ2n) is 4.42. The summed E-state index contributed by atoms with van der Waals surface area (Å²) in [6.45, 7) is 0. The quantitative estimate of drug-likeness (QED) is 0.542. The smallest absolute Gasteiger partial charge is 0.0857 e. The first kappa shape index (κ1) is 14.4. The van der Waals surface area contributed by atoms with Crippen LogP contribution in [0.5, 0.6) is 0 Å². The number of rotatable bonds is 3. The molecule has 20 heavy (non-hydrogen) atoms. The van der Waals surface area contributed by atoms with E-state index in [2.05, 4.69) is 46.7 Å². The van der Waals surface area contributed by atoms with Gasteiger partial charge in [-0.05, 0) is 29.8 Å². The Balaban J connectivity index is 0.00000147. The molecule has 1 aliphatic rings. The molecule has 0 saturated carbocycles. The van der Waals surface area contributed by atoms with Crippen molar-refractivity contribution in [2.75, 3.05) is 0 Å². The van der Waals surface area contributed by atoms with Crippen molar-refractivity contribution >= 4 is 11.4 Å². The molecule has 0 saturated heterocycles. The van der Waals surface area contributed by atoms with Crippen LogP contribution in [0.15, 0.2) is 89.1 Å². The Kier molecular flexibility index (Phi) is 5.05. The second kappa shape index (κ2) is 6.99. The summed E-state index contributed by atoms with van der Waals surface area (Å²) in [6, 6.07) is 18.0. The minimum absolute atomic E-state index is 0. The number of azo groups is 1. The summed E-state index contributed by atoms with van der Waals surface area (Å²) < 4.78 is 0. The number of allylic oxidation sites excluding steroid dienone is 4. The maximum absolute atomic E-state index is 4.23. The van der Waals surface area contributed by atoms with Gasteiger partial charge in [0.1, 0.15) is 0 Å². The zero-order valence-corrected chi connectivity index (χ0v) is 11.9. The summed E-state index contributed by atoms with van der Waals surface area (Å²) >= 11 is 0. The number of hydrogen-bond acceptors (Lipinski definition) is 2. The van der Waals surface area contributed by atoms with Crippen molar-refractivity contribution in [1.29, 1.82) is 0 Å². The van der Waals surface area contributed by atoms with Crippen LogP contribution in [0.4, 0.5) is 11.4 Å². The molecule has 0 radical (unpaired) electrons. The predicted octanol–water partition coefficient (Wildman–Crippen LogP) is 5.31. The summed E-state index contributed by atoms with van der Waals surface area (Å²) in [5.74, 6) is 0.403. The largest absolute Gasteiger partial charge is 0.151 e. The van der Waals surface area contributed by atoms with Gasteiger partial charge in [-0.15, -0.1) is 0 Å². The molecule has 0 heterocycles. The fourth-order valence-corrected chi connectivity index (χ4v) is 2.03. The third-order valence-electron chi connectivity index (χ3n) is 3.06. The van der Waals surface area contributed by atoms with Crippen LogP contribution in [-0.4, -0.2) is 0 Å². The van der Waals surface area contributed by atoms with Gasteiger partial charge in [0.05, 0.1) is 11.4 Å². The molecule has 0 atom stereocenters. The molecule has 2 nitrogen and oxygen atoms in total. The molecule has 0 unspecified atom stereocenters. The average Bonchev–Trinajstić information content (AvgIpc) is 3.01. The summed E-state index contributed by atoms with van der Waals surface area (Å²) in [6.07, 6.45) is 8.52. The SMILES string of the molecule is C1=CC(c2ccc(/N=N/c3ccccc3)cc2)C=C1.[Fe].